The topological polar surface area (TPSA) is 45.2 Å². The molecule has 1 unspecified atom stereocenters. The van der Waals surface area contributed by atoms with E-state index < -0.39 is 6.04 Å². The first-order valence-electron chi connectivity index (χ1n) is 7.58. The molecule has 0 bridgehead atoms. The van der Waals surface area contributed by atoms with Crippen LogP contribution in [0.5, 0.6) is 0 Å². The van der Waals surface area contributed by atoms with Crippen LogP contribution in [-0.4, -0.2) is 36.4 Å². The van der Waals surface area contributed by atoms with Crippen molar-refractivity contribution in [2.45, 2.75) is 25.8 Å². The Bertz CT molecular complexity index is 640. The molecule has 0 radical (unpaired) electrons. The molecule has 1 heterocycles. The molecule has 124 valence electrons. The summed E-state index contributed by atoms with van der Waals surface area (Å²) in [4.78, 5) is 18.7. The van der Waals surface area contributed by atoms with Crippen molar-refractivity contribution in [3.63, 3.8) is 0 Å². The van der Waals surface area contributed by atoms with Crippen LogP contribution in [0.1, 0.15) is 28.7 Å². The lowest BCUT2D eigenvalue weighted by Crippen LogP contribution is -2.37. The monoisotopic (exact) mass is 335 g/mol. The second kappa shape index (κ2) is 8.17. The molecule has 1 N–H and O–H groups in total. The zero-order valence-corrected chi connectivity index (χ0v) is 14.5. The van der Waals surface area contributed by atoms with Crippen molar-refractivity contribution in [3.05, 3.63) is 51.7 Å². The number of benzene rings is 1. The molecular formula is C17H22FN3OS. The lowest BCUT2D eigenvalue weighted by atomic mass is 10.1. The number of rotatable bonds is 7. The van der Waals surface area contributed by atoms with Gasteiger partial charge in [0.25, 0.3) is 0 Å². The Morgan fingerprint density at radius 2 is 2.04 bits per heavy atom. The second-order valence-electron chi connectivity index (χ2n) is 5.69. The van der Waals surface area contributed by atoms with Crippen molar-refractivity contribution in [2.75, 3.05) is 20.6 Å². The van der Waals surface area contributed by atoms with Crippen molar-refractivity contribution in [1.29, 1.82) is 0 Å². The number of hydrogen-bond acceptors (Lipinski definition) is 4. The maximum absolute atomic E-state index is 13.0. The first-order chi connectivity index (χ1) is 11.0. The molecule has 1 amide bonds. The van der Waals surface area contributed by atoms with Crippen molar-refractivity contribution in [3.8, 4) is 0 Å². The van der Waals surface area contributed by atoms with E-state index in [4.69, 9.17) is 0 Å². The molecule has 2 rings (SSSR count). The maximum Gasteiger partial charge on any atom is 0.241 e. The van der Waals surface area contributed by atoms with E-state index in [2.05, 4.69) is 10.3 Å². The molecule has 2 aromatic rings. The number of carbonyl (C=O) groups is 1. The predicted octanol–water partition coefficient (Wildman–Crippen LogP) is 2.94. The van der Waals surface area contributed by atoms with E-state index in [0.29, 0.717) is 6.54 Å². The van der Waals surface area contributed by atoms with Gasteiger partial charge in [0.2, 0.25) is 5.91 Å². The number of aryl methyl sites for hydroxylation is 2. The Hall–Kier alpha value is -1.79. The molecule has 0 saturated heterocycles. The van der Waals surface area contributed by atoms with Gasteiger partial charge in [-0.1, -0.05) is 12.1 Å². The van der Waals surface area contributed by atoms with Gasteiger partial charge in [-0.15, -0.1) is 11.3 Å². The van der Waals surface area contributed by atoms with Gasteiger partial charge in [-0.25, -0.2) is 9.37 Å². The molecule has 0 aliphatic rings. The lowest BCUT2D eigenvalue weighted by Gasteiger charge is -2.23. The summed E-state index contributed by atoms with van der Waals surface area (Å²) in [6, 6.07) is 5.64. The number of amides is 1. The Kier molecular flexibility index (Phi) is 6.24. The summed E-state index contributed by atoms with van der Waals surface area (Å²) in [7, 11) is 3.68. The fourth-order valence-electron chi connectivity index (χ4n) is 2.39. The number of hydrogen-bond donors (Lipinski definition) is 1. The van der Waals surface area contributed by atoms with E-state index in [0.717, 1.165) is 29.1 Å². The standard InChI is InChI=1S/C17H22FN3OS/c1-12-11-23-15(20-12)5-4-10-19-17(22)16(21(2)3)13-6-8-14(18)9-7-13/h6-9,11,16H,4-5,10H2,1-3H3,(H,19,22). The molecule has 6 heteroatoms. The van der Waals surface area contributed by atoms with Crippen LogP contribution < -0.4 is 5.32 Å². The minimum Gasteiger partial charge on any atom is -0.354 e. The molecule has 1 aromatic heterocycles. The van der Waals surface area contributed by atoms with Crippen LogP contribution in [0.15, 0.2) is 29.6 Å². The van der Waals surface area contributed by atoms with E-state index in [1.54, 1.807) is 23.5 Å². The zero-order valence-electron chi connectivity index (χ0n) is 13.7. The minimum atomic E-state index is -0.419. The maximum atomic E-state index is 13.0. The number of nitrogens with one attached hydrogen (secondary N) is 1. The highest BCUT2D eigenvalue weighted by Gasteiger charge is 2.22. The van der Waals surface area contributed by atoms with Crippen LogP contribution in [0.3, 0.4) is 0 Å². The number of aromatic nitrogens is 1. The largest absolute Gasteiger partial charge is 0.354 e. The quantitative estimate of drug-likeness (QED) is 0.791. The van der Waals surface area contributed by atoms with Crippen molar-refractivity contribution >= 4 is 17.2 Å². The fourth-order valence-corrected chi connectivity index (χ4v) is 3.21. The first-order valence-corrected chi connectivity index (χ1v) is 8.46. The van der Waals surface area contributed by atoms with E-state index >= 15 is 0 Å². The van der Waals surface area contributed by atoms with Gasteiger partial charge in [0.1, 0.15) is 11.9 Å². The van der Waals surface area contributed by atoms with Gasteiger partial charge in [0.15, 0.2) is 0 Å². The molecule has 23 heavy (non-hydrogen) atoms. The Morgan fingerprint density at radius 1 is 1.35 bits per heavy atom. The summed E-state index contributed by atoms with van der Waals surface area (Å²) >= 11 is 1.65. The van der Waals surface area contributed by atoms with E-state index in [-0.39, 0.29) is 11.7 Å². The summed E-state index contributed by atoms with van der Waals surface area (Å²) in [5.41, 5.74) is 1.82. The molecular weight excluding hydrogens is 313 g/mol. The SMILES string of the molecule is Cc1csc(CCCNC(=O)C(c2ccc(F)cc2)N(C)C)n1. The van der Waals surface area contributed by atoms with Crippen molar-refractivity contribution in [1.82, 2.24) is 15.2 Å². The number of thiazole rings is 1. The summed E-state index contributed by atoms with van der Waals surface area (Å²) < 4.78 is 13.0. The first kappa shape index (κ1) is 17.6. The molecule has 0 aliphatic heterocycles. The Morgan fingerprint density at radius 3 is 2.61 bits per heavy atom. The van der Waals surface area contributed by atoms with Gasteiger partial charge >= 0.3 is 0 Å². The normalized spacial score (nSPS) is 12.4. The number of carbonyl (C=O) groups excluding carboxylic acids is 1. The minimum absolute atomic E-state index is 0.0723. The van der Waals surface area contributed by atoms with Crippen LogP contribution in [0.2, 0.25) is 0 Å². The van der Waals surface area contributed by atoms with Gasteiger partial charge in [-0.3, -0.25) is 9.69 Å². The van der Waals surface area contributed by atoms with Crippen LogP contribution in [-0.2, 0) is 11.2 Å². The molecule has 1 atom stereocenters. The molecule has 0 aliphatic carbocycles. The molecule has 0 spiro atoms. The number of likely N-dealkylation sites (N-methyl/N-ethyl adjacent to an activating group) is 1. The van der Waals surface area contributed by atoms with Crippen LogP contribution in [0.4, 0.5) is 4.39 Å². The summed E-state index contributed by atoms with van der Waals surface area (Å²) in [6.45, 7) is 2.58. The molecule has 0 fully saturated rings. The van der Waals surface area contributed by atoms with Gasteiger partial charge in [0, 0.05) is 24.0 Å². The summed E-state index contributed by atoms with van der Waals surface area (Å²) in [5.74, 6) is -0.373. The number of nitrogens with zero attached hydrogens (tertiary/aromatic N) is 2. The highest BCUT2D eigenvalue weighted by Crippen LogP contribution is 2.19. The average Bonchev–Trinajstić information content (AvgIpc) is 2.91. The molecule has 4 nitrogen and oxygen atoms in total. The third kappa shape index (κ3) is 5.11. The summed E-state index contributed by atoms with van der Waals surface area (Å²) in [6.07, 6.45) is 1.71. The Balaban J connectivity index is 1.87. The second-order valence-corrected chi connectivity index (χ2v) is 6.64. The van der Waals surface area contributed by atoms with E-state index in [9.17, 15) is 9.18 Å². The Labute approximate surface area is 140 Å². The van der Waals surface area contributed by atoms with Crippen molar-refractivity contribution < 1.29 is 9.18 Å². The van der Waals surface area contributed by atoms with Crippen LogP contribution in [0.25, 0.3) is 0 Å². The van der Waals surface area contributed by atoms with Gasteiger partial charge in [-0.05, 0) is 45.1 Å². The summed E-state index contributed by atoms with van der Waals surface area (Å²) in [5, 5.41) is 6.09. The molecule has 1 aromatic carbocycles. The van der Waals surface area contributed by atoms with Crippen molar-refractivity contribution in [2.24, 2.45) is 0 Å². The lowest BCUT2D eigenvalue weighted by molar-refractivity contribution is -0.125. The van der Waals surface area contributed by atoms with Gasteiger partial charge in [-0.2, -0.15) is 0 Å². The van der Waals surface area contributed by atoms with Crippen LogP contribution in [0, 0.1) is 12.7 Å². The highest BCUT2D eigenvalue weighted by molar-refractivity contribution is 7.09. The average molecular weight is 335 g/mol. The fraction of sp³-hybridized carbons (Fsp3) is 0.412. The zero-order chi connectivity index (χ0) is 16.8. The number of halogens is 1. The predicted molar refractivity (Wildman–Crippen MR) is 91.0 cm³/mol. The smallest absolute Gasteiger partial charge is 0.241 e. The third-order valence-corrected chi connectivity index (χ3v) is 4.51. The van der Waals surface area contributed by atoms with Gasteiger partial charge in [0.05, 0.1) is 5.01 Å². The highest BCUT2D eigenvalue weighted by atomic mass is 32.1. The third-order valence-electron chi connectivity index (χ3n) is 3.48. The van der Waals surface area contributed by atoms with E-state index in [1.165, 1.54) is 12.1 Å². The van der Waals surface area contributed by atoms with Gasteiger partial charge < -0.3 is 5.32 Å². The van der Waals surface area contributed by atoms with Crippen LogP contribution >= 0.6 is 11.3 Å². The molecule has 0 saturated carbocycles. The van der Waals surface area contributed by atoms with E-state index in [1.807, 2.05) is 31.3 Å².